The molecule has 0 aromatic heterocycles. The third kappa shape index (κ3) is 2.48. The average Bonchev–Trinajstić information content (AvgIpc) is 2.64. The molecule has 86 valence electrons. The first-order valence-electron chi connectivity index (χ1n) is 5.84. The molecule has 0 amide bonds. The molecule has 2 fully saturated rings. The highest BCUT2D eigenvalue weighted by molar-refractivity contribution is 8.00. The zero-order valence-electron chi connectivity index (χ0n) is 9.25. The van der Waals surface area contributed by atoms with Crippen molar-refractivity contribution in [2.45, 2.75) is 49.9 Å². The minimum atomic E-state index is -0.0764. The Balaban J connectivity index is 1.90. The maximum absolute atomic E-state index is 11.6. The lowest BCUT2D eigenvalue weighted by molar-refractivity contribution is -0.145. The quantitative estimate of drug-likeness (QED) is 0.734. The van der Waals surface area contributed by atoms with Gasteiger partial charge in [0, 0.05) is 5.75 Å². The number of hydrogen-bond donors (Lipinski definition) is 1. The molecule has 1 saturated carbocycles. The van der Waals surface area contributed by atoms with E-state index < -0.39 is 0 Å². The maximum atomic E-state index is 11.6. The minimum Gasteiger partial charge on any atom is -0.465 e. The summed E-state index contributed by atoms with van der Waals surface area (Å²) in [4.78, 5) is 11.8. The molecule has 1 aliphatic heterocycles. The number of esters is 1. The molecule has 1 spiro atoms. The first kappa shape index (κ1) is 11.3. The molecule has 0 radical (unpaired) electrons. The van der Waals surface area contributed by atoms with E-state index in [1.807, 2.05) is 18.7 Å². The Morgan fingerprint density at radius 1 is 1.47 bits per heavy atom. The molecular weight excluding hydrogens is 210 g/mol. The van der Waals surface area contributed by atoms with Crippen molar-refractivity contribution in [2.75, 3.05) is 12.4 Å². The van der Waals surface area contributed by atoms with E-state index in [-0.39, 0.29) is 16.9 Å². The summed E-state index contributed by atoms with van der Waals surface area (Å²) < 4.78 is 5.05. The maximum Gasteiger partial charge on any atom is 0.324 e. The van der Waals surface area contributed by atoms with Gasteiger partial charge in [0.2, 0.25) is 0 Å². The van der Waals surface area contributed by atoms with Gasteiger partial charge in [0.15, 0.2) is 0 Å². The molecule has 2 rings (SSSR count). The van der Waals surface area contributed by atoms with Crippen LogP contribution >= 0.6 is 11.8 Å². The summed E-state index contributed by atoms with van der Waals surface area (Å²) >= 11 is 1.92. The Bertz CT molecular complexity index is 239. The molecule has 0 unspecified atom stereocenters. The summed E-state index contributed by atoms with van der Waals surface area (Å²) in [7, 11) is 0. The molecule has 0 bridgehead atoms. The van der Waals surface area contributed by atoms with Crippen LogP contribution in [-0.4, -0.2) is 29.2 Å². The summed E-state index contributed by atoms with van der Waals surface area (Å²) in [6, 6.07) is -0.0759. The number of ether oxygens (including phenoxy) is 1. The highest BCUT2D eigenvalue weighted by Gasteiger charge is 2.42. The monoisotopic (exact) mass is 229 g/mol. The first-order chi connectivity index (χ1) is 7.26. The van der Waals surface area contributed by atoms with Gasteiger partial charge in [-0.15, -0.1) is 11.8 Å². The second-order valence-electron chi connectivity index (χ2n) is 4.31. The van der Waals surface area contributed by atoms with E-state index in [0.29, 0.717) is 6.61 Å². The summed E-state index contributed by atoms with van der Waals surface area (Å²) in [6.45, 7) is 2.34. The number of rotatable bonds is 2. The zero-order chi connectivity index (χ0) is 10.7. The Morgan fingerprint density at radius 3 is 2.87 bits per heavy atom. The van der Waals surface area contributed by atoms with E-state index in [1.54, 1.807) is 0 Å². The summed E-state index contributed by atoms with van der Waals surface area (Å²) in [5.74, 6) is 0.797. The predicted octanol–water partition coefficient (Wildman–Crippen LogP) is 1.91. The van der Waals surface area contributed by atoms with Crippen LogP contribution in [0.25, 0.3) is 0 Å². The molecule has 1 saturated heterocycles. The highest BCUT2D eigenvalue weighted by Crippen LogP contribution is 2.42. The molecule has 1 heterocycles. The van der Waals surface area contributed by atoms with E-state index in [0.717, 1.165) is 5.75 Å². The largest absolute Gasteiger partial charge is 0.465 e. The van der Waals surface area contributed by atoms with E-state index in [4.69, 9.17) is 4.74 Å². The van der Waals surface area contributed by atoms with Gasteiger partial charge in [-0.3, -0.25) is 10.1 Å². The molecule has 3 nitrogen and oxygen atoms in total. The predicted molar refractivity (Wildman–Crippen MR) is 61.8 cm³/mol. The van der Waals surface area contributed by atoms with Crippen molar-refractivity contribution in [1.29, 1.82) is 0 Å². The number of thioether (sulfide) groups is 1. The fourth-order valence-electron chi connectivity index (χ4n) is 2.43. The number of carbonyl (C=O) groups is 1. The van der Waals surface area contributed by atoms with E-state index in [2.05, 4.69) is 5.32 Å². The summed E-state index contributed by atoms with van der Waals surface area (Å²) in [5.41, 5.74) is 0. The van der Waals surface area contributed by atoms with Gasteiger partial charge in [-0.25, -0.2) is 0 Å². The average molecular weight is 229 g/mol. The standard InChI is InChI=1S/C11H19NO2S/c1-2-14-10(13)9-8-15-11(12-9)6-4-3-5-7-11/h9,12H,2-8H2,1H3/t9-/m1/s1. The second kappa shape index (κ2) is 4.74. The van der Waals surface area contributed by atoms with E-state index in [1.165, 1.54) is 32.1 Å². The molecule has 1 atom stereocenters. The number of carbonyl (C=O) groups excluding carboxylic acids is 1. The summed E-state index contributed by atoms with van der Waals surface area (Å²) in [6.07, 6.45) is 6.32. The third-order valence-electron chi connectivity index (χ3n) is 3.20. The van der Waals surface area contributed by atoms with Crippen molar-refractivity contribution in [1.82, 2.24) is 5.32 Å². The van der Waals surface area contributed by atoms with Crippen LogP contribution in [0.3, 0.4) is 0 Å². The molecule has 0 aromatic rings. The molecular formula is C11H19NO2S. The molecule has 15 heavy (non-hydrogen) atoms. The van der Waals surface area contributed by atoms with Crippen molar-refractivity contribution < 1.29 is 9.53 Å². The van der Waals surface area contributed by atoms with Crippen LogP contribution in [0.2, 0.25) is 0 Å². The van der Waals surface area contributed by atoms with Crippen LogP contribution < -0.4 is 5.32 Å². The molecule has 1 N–H and O–H groups in total. The molecule has 0 aromatic carbocycles. The van der Waals surface area contributed by atoms with Gasteiger partial charge in [-0.1, -0.05) is 19.3 Å². The van der Waals surface area contributed by atoms with Crippen molar-refractivity contribution in [2.24, 2.45) is 0 Å². The van der Waals surface area contributed by atoms with Crippen LogP contribution in [-0.2, 0) is 9.53 Å². The van der Waals surface area contributed by atoms with Crippen LogP contribution in [0, 0.1) is 0 Å². The van der Waals surface area contributed by atoms with Gasteiger partial charge >= 0.3 is 5.97 Å². The fourth-order valence-corrected chi connectivity index (χ4v) is 3.93. The van der Waals surface area contributed by atoms with Gasteiger partial charge in [0.1, 0.15) is 6.04 Å². The van der Waals surface area contributed by atoms with Crippen molar-refractivity contribution >= 4 is 17.7 Å². The zero-order valence-corrected chi connectivity index (χ0v) is 10.1. The smallest absolute Gasteiger partial charge is 0.324 e. The Labute approximate surface area is 95.3 Å². The van der Waals surface area contributed by atoms with Gasteiger partial charge in [0.05, 0.1) is 11.5 Å². The lowest BCUT2D eigenvalue weighted by atomic mass is 9.94. The van der Waals surface area contributed by atoms with Crippen molar-refractivity contribution in [3.8, 4) is 0 Å². The van der Waals surface area contributed by atoms with Crippen LogP contribution in [0.15, 0.2) is 0 Å². The topological polar surface area (TPSA) is 38.3 Å². The first-order valence-corrected chi connectivity index (χ1v) is 6.83. The van der Waals surface area contributed by atoms with Crippen LogP contribution in [0.1, 0.15) is 39.0 Å². The summed E-state index contributed by atoms with van der Waals surface area (Å²) in [5, 5.41) is 3.48. The van der Waals surface area contributed by atoms with Gasteiger partial charge < -0.3 is 4.74 Å². The van der Waals surface area contributed by atoms with Crippen molar-refractivity contribution in [3.63, 3.8) is 0 Å². The lowest BCUT2D eigenvalue weighted by Crippen LogP contribution is -2.46. The number of hydrogen-bond acceptors (Lipinski definition) is 4. The number of nitrogens with one attached hydrogen (secondary N) is 1. The minimum absolute atomic E-state index is 0.0759. The molecule has 4 heteroatoms. The van der Waals surface area contributed by atoms with Gasteiger partial charge in [-0.05, 0) is 19.8 Å². The van der Waals surface area contributed by atoms with Crippen LogP contribution in [0.4, 0.5) is 0 Å². The Hall–Kier alpha value is -0.220. The third-order valence-corrected chi connectivity index (χ3v) is 4.77. The highest BCUT2D eigenvalue weighted by atomic mass is 32.2. The normalized spacial score (nSPS) is 29.3. The van der Waals surface area contributed by atoms with Crippen LogP contribution in [0.5, 0.6) is 0 Å². The van der Waals surface area contributed by atoms with E-state index in [9.17, 15) is 4.79 Å². The Kier molecular flexibility index (Phi) is 3.57. The lowest BCUT2D eigenvalue weighted by Gasteiger charge is -2.33. The van der Waals surface area contributed by atoms with Gasteiger partial charge in [-0.2, -0.15) is 0 Å². The molecule has 1 aliphatic carbocycles. The fraction of sp³-hybridized carbons (Fsp3) is 0.909. The second-order valence-corrected chi connectivity index (χ2v) is 5.72. The molecule has 2 aliphatic rings. The van der Waals surface area contributed by atoms with Crippen molar-refractivity contribution in [3.05, 3.63) is 0 Å². The Morgan fingerprint density at radius 2 is 2.20 bits per heavy atom. The van der Waals surface area contributed by atoms with E-state index >= 15 is 0 Å². The SMILES string of the molecule is CCOC(=O)[C@H]1CSC2(CCCCC2)N1. The van der Waals surface area contributed by atoms with Gasteiger partial charge in [0.25, 0.3) is 0 Å².